The summed E-state index contributed by atoms with van der Waals surface area (Å²) in [5.74, 6) is 0. The van der Waals surface area contributed by atoms with Gasteiger partial charge in [-0.2, -0.15) is 0 Å². The predicted octanol–water partition coefficient (Wildman–Crippen LogP) is 3.05. The summed E-state index contributed by atoms with van der Waals surface area (Å²) in [7, 11) is 0. The van der Waals surface area contributed by atoms with Crippen molar-refractivity contribution in [1.29, 1.82) is 0 Å². The summed E-state index contributed by atoms with van der Waals surface area (Å²) in [6, 6.07) is 14.3. The maximum absolute atomic E-state index is 11.5. The highest BCUT2D eigenvalue weighted by atomic mass is 16.2. The summed E-state index contributed by atoms with van der Waals surface area (Å²) in [4.78, 5) is 11.5. The fourth-order valence-electron chi connectivity index (χ4n) is 1.94. The molecule has 2 rings (SSSR count). The number of rotatable bonds is 3. The lowest BCUT2D eigenvalue weighted by Gasteiger charge is -2.11. The molecule has 0 radical (unpaired) electrons. The number of benzene rings is 2. The first-order chi connectivity index (χ1) is 8.66. The van der Waals surface area contributed by atoms with E-state index in [-0.39, 0.29) is 12.1 Å². The van der Waals surface area contributed by atoms with Crippen LogP contribution in [0.1, 0.15) is 19.4 Å². The zero-order chi connectivity index (χ0) is 13.0. The number of nitrogens with one attached hydrogen (secondary N) is 2. The van der Waals surface area contributed by atoms with Crippen LogP contribution in [0, 0.1) is 0 Å². The number of hydrogen-bond acceptors (Lipinski definition) is 1. The lowest BCUT2D eigenvalue weighted by atomic mass is 10.0. The van der Waals surface area contributed by atoms with Crippen LogP contribution in [0.2, 0.25) is 0 Å². The highest BCUT2D eigenvalue weighted by Crippen LogP contribution is 2.18. The van der Waals surface area contributed by atoms with Gasteiger partial charge in [-0.15, -0.1) is 0 Å². The molecule has 0 saturated carbocycles. The molecule has 2 aromatic rings. The monoisotopic (exact) mass is 242 g/mol. The molecule has 0 aromatic heterocycles. The Labute approximate surface area is 107 Å². The summed E-state index contributed by atoms with van der Waals surface area (Å²) in [6.07, 6.45) is 0. The summed E-state index contributed by atoms with van der Waals surface area (Å²) in [5.41, 5.74) is 1.13. The molecule has 0 saturated heterocycles. The predicted molar refractivity (Wildman–Crippen MR) is 74.5 cm³/mol. The molecule has 0 aliphatic heterocycles. The van der Waals surface area contributed by atoms with E-state index < -0.39 is 0 Å². The average molecular weight is 242 g/mol. The highest BCUT2D eigenvalue weighted by Gasteiger charge is 2.04. The topological polar surface area (TPSA) is 41.1 Å². The van der Waals surface area contributed by atoms with Crippen molar-refractivity contribution in [3.63, 3.8) is 0 Å². The first-order valence-corrected chi connectivity index (χ1v) is 6.18. The summed E-state index contributed by atoms with van der Waals surface area (Å²) in [6.45, 7) is 4.43. The number of hydrogen-bond donors (Lipinski definition) is 2. The third kappa shape index (κ3) is 3.00. The molecular weight excluding hydrogens is 224 g/mol. The molecule has 94 valence electrons. The van der Waals surface area contributed by atoms with E-state index in [2.05, 4.69) is 28.8 Å². The van der Waals surface area contributed by atoms with Crippen LogP contribution >= 0.6 is 0 Å². The van der Waals surface area contributed by atoms with Gasteiger partial charge in [0, 0.05) is 12.6 Å². The summed E-state index contributed by atoms with van der Waals surface area (Å²) >= 11 is 0. The molecule has 3 nitrogen and oxygen atoms in total. The van der Waals surface area contributed by atoms with E-state index in [1.54, 1.807) is 0 Å². The fraction of sp³-hybridized carbons (Fsp3) is 0.267. The van der Waals surface area contributed by atoms with Crippen molar-refractivity contribution in [2.45, 2.75) is 26.4 Å². The number of carbonyl (C=O) groups is 1. The number of urea groups is 1. The Hall–Kier alpha value is -2.03. The van der Waals surface area contributed by atoms with E-state index in [1.165, 1.54) is 10.8 Å². The Kier molecular flexibility index (Phi) is 3.82. The quantitative estimate of drug-likeness (QED) is 0.853. The molecule has 18 heavy (non-hydrogen) atoms. The molecule has 3 heteroatoms. The lowest BCUT2D eigenvalue weighted by Crippen LogP contribution is -2.39. The second-order valence-electron chi connectivity index (χ2n) is 4.62. The van der Waals surface area contributed by atoms with Gasteiger partial charge in [-0.05, 0) is 30.2 Å². The van der Waals surface area contributed by atoms with Crippen LogP contribution in [-0.4, -0.2) is 12.1 Å². The Morgan fingerprint density at radius 1 is 1.11 bits per heavy atom. The Morgan fingerprint density at radius 3 is 2.61 bits per heavy atom. The van der Waals surface area contributed by atoms with Gasteiger partial charge in [-0.1, -0.05) is 42.5 Å². The Balaban J connectivity index is 2.10. The van der Waals surface area contributed by atoms with E-state index >= 15 is 0 Å². The minimum atomic E-state index is -0.127. The lowest BCUT2D eigenvalue weighted by molar-refractivity contribution is 0.238. The molecule has 0 fully saturated rings. The smallest absolute Gasteiger partial charge is 0.315 e. The van der Waals surface area contributed by atoms with Gasteiger partial charge < -0.3 is 10.6 Å². The van der Waals surface area contributed by atoms with Gasteiger partial charge in [0.25, 0.3) is 0 Å². The van der Waals surface area contributed by atoms with Gasteiger partial charge in [0.15, 0.2) is 0 Å². The maximum Gasteiger partial charge on any atom is 0.315 e. The SMILES string of the molecule is CC(C)NC(=O)NCc1cccc2ccccc12. The van der Waals surface area contributed by atoms with E-state index in [0.29, 0.717) is 6.54 Å². The standard InChI is InChI=1S/C15H18N2O/c1-11(2)17-15(18)16-10-13-8-5-7-12-6-3-4-9-14(12)13/h3-9,11H,10H2,1-2H3,(H2,16,17,18). The summed E-state index contributed by atoms with van der Waals surface area (Å²) in [5, 5.41) is 8.06. The first-order valence-electron chi connectivity index (χ1n) is 6.18. The van der Waals surface area contributed by atoms with Gasteiger partial charge in [0.1, 0.15) is 0 Å². The minimum absolute atomic E-state index is 0.127. The van der Waals surface area contributed by atoms with Crippen molar-refractivity contribution >= 4 is 16.8 Å². The van der Waals surface area contributed by atoms with Gasteiger partial charge >= 0.3 is 6.03 Å². The van der Waals surface area contributed by atoms with E-state index in [9.17, 15) is 4.79 Å². The van der Waals surface area contributed by atoms with Crippen LogP contribution in [0.25, 0.3) is 10.8 Å². The molecule has 0 atom stereocenters. The van der Waals surface area contributed by atoms with Gasteiger partial charge in [0.2, 0.25) is 0 Å². The molecule has 2 amide bonds. The van der Waals surface area contributed by atoms with Crippen LogP contribution in [0.15, 0.2) is 42.5 Å². The van der Waals surface area contributed by atoms with E-state index in [1.807, 2.05) is 38.1 Å². The first kappa shape index (κ1) is 12.4. The van der Waals surface area contributed by atoms with Crippen molar-refractivity contribution in [2.24, 2.45) is 0 Å². The molecule has 0 aliphatic rings. The molecular formula is C15H18N2O. The minimum Gasteiger partial charge on any atom is -0.336 e. The van der Waals surface area contributed by atoms with Crippen molar-refractivity contribution in [2.75, 3.05) is 0 Å². The normalized spacial score (nSPS) is 10.6. The van der Waals surface area contributed by atoms with Crippen LogP contribution in [0.3, 0.4) is 0 Å². The van der Waals surface area contributed by atoms with Crippen molar-refractivity contribution in [3.8, 4) is 0 Å². The molecule has 0 heterocycles. The average Bonchev–Trinajstić information content (AvgIpc) is 2.35. The van der Waals surface area contributed by atoms with Crippen LogP contribution in [0.4, 0.5) is 4.79 Å². The van der Waals surface area contributed by atoms with E-state index in [4.69, 9.17) is 0 Å². The van der Waals surface area contributed by atoms with Crippen LogP contribution in [-0.2, 0) is 6.54 Å². The van der Waals surface area contributed by atoms with Crippen LogP contribution in [0.5, 0.6) is 0 Å². The molecule has 0 unspecified atom stereocenters. The number of amides is 2. The second-order valence-corrected chi connectivity index (χ2v) is 4.62. The molecule has 0 aliphatic carbocycles. The molecule has 0 bridgehead atoms. The Morgan fingerprint density at radius 2 is 1.83 bits per heavy atom. The third-order valence-corrected chi connectivity index (χ3v) is 2.74. The third-order valence-electron chi connectivity index (χ3n) is 2.74. The van der Waals surface area contributed by atoms with Gasteiger partial charge in [-0.3, -0.25) is 0 Å². The zero-order valence-corrected chi connectivity index (χ0v) is 10.7. The molecule has 0 spiro atoms. The number of carbonyl (C=O) groups excluding carboxylic acids is 1. The highest BCUT2D eigenvalue weighted by molar-refractivity contribution is 5.86. The van der Waals surface area contributed by atoms with Gasteiger partial charge in [-0.25, -0.2) is 4.79 Å². The molecule has 2 aromatic carbocycles. The zero-order valence-electron chi connectivity index (χ0n) is 10.7. The number of fused-ring (bicyclic) bond motifs is 1. The maximum atomic E-state index is 11.5. The summed E-state index contributed by atoms with van der Waals surface area (Å²) < 4.78 is 0. The van der Waals surface area contributed by atoms with Crippen LogP contribution < -0.4 is 10.6 Å². The second kappa shape index (κ2) is 5.54. The van der Waals surface area contributed by atoms with Crippen molar-refractivity contribution in [1.82, 2.24) is 10.6 Å². The fourth-order valence-corrected chi connectivity index (χ4v) is 1.94. The van der Waals surface area contributed by atoms with Crippen molar-refractivity contribution < 1.29 is 4.79 Å². The van der Waals surface area contributed by atoms with E-state index in [0.717, 1.165) is 5.56 Å². The molecule has 2 N–H and O–H groups in total. The largest absolute Gasteiger partial charge is 0.336 e. The van der Waals surface area contributed by atoms with Gasteiger partial charge in [0.05, 0.1) is 0 Å². The Bertz CT molecular complexity index is 544. The van der Waals surface area contributed by atoms with Crippen molar-refractivity contribution in [3.05, 3.63) is 48.0 Å².